The average molecular weight is 537 g/mol. The predicted octanol–water partition coefficient (Wildman–Crippen LogP) is 7.07. The van der Waals surface area contributed by atoms with Crippen LogP contribution >= 0.6 is 11.6 Å². The average Bonchev–Trinajstić information content (AvgIpc) is 3.33. The van der Waals surface area contributed by atoms with E-state index in [0.29, 0.717) is 32.1 Å². The number of carbonyl (C=O) groups excluding carboxylic acids is 2. The van der Waals surface area contributed by atoms with Gasteiger partial charge in [-0.25, -0.2) is 4.79 Å². The number of carbonyl (C=O) groups is 2. The maximum absolute atomic E-state index is 13.6. The number of benzene rings is 2. The summed E-state index contributed by atoms with van der Waals surface area (Å²) in [5.41, 5.74) is 3.96. The zero-order valence-electron chi connectivity index (χ0n) is 23.1. The maximum Gasteiger partial charge on any atom is 0.322 e. The number of rotatable bonds is 13. The SMILES string of the molecule is CCCCN(CC(=O)N(Cc1cccn1Cc1ccccc1Cl)CC(C)C)C(=O)Nc1cccc(CC)c1. The van der Waals surface area contributed by atoms with E-state index in [9.17, 15) is 9.59 Å². The predicted molar refractivity (Wildman–Crippen MR) is 157 cm³/mol. The number of nitrogens with one attached hydrogen (secondary N) is 1. The molecule has 0 saturated carbocycles. The summed E-state index contributed by atoms with van der Waals surface area (Å²) in [4.78, 5) is 30.4. The molecular weight excluding hydrogens is 496 g/mol. The molecule has 3 rings (SSSR count). The highest BCUT2D eigenvalue weighted by atomic mass is 35.5. The molecule has 2 aromatic carbocycles. The van der Waals surface area contributed by atoms with Crippen molar-refractivity contribution < 1.29 is 9.59 Å². The third-order valence-electron chi connectivity index (χ3n) is 6.49. The van der Waals surface area contributed by atoms with Crippen molar-refractivity contribution in [3.05, 3.63) is 88.7 Å². The molecule has 0 atom stereocenters. The molecule has 7 heteroatoms. The van der Waals surface area contributed by atoms with Gasteiger partial charge in [-0.1, -0.05) is 76.0 Å². The largest absolute Gasteiger partial charge is 0.345 e. The Labute approximate surface area is 232 Å². The molecule has 38 heavy (non-hydrogen) atoms. The third-order valence-corrected chi connectivity index (χ3v) is 6.86. The third kappa shape index (κ3) is 8.66. The zero-order valence-corrected chi connectivity index (χ0v) is 23.9. The molecule has 204 valence electrons. The Balaban J connectivity index is 1.74. The van der Waals surface area contributed by atoms with Gasteiger partial charge in [0.1, 0.15) is 6.54 Å². The first-order valence-electron chi connectivity index (χ1n) is 13.6. The number of unbranched alkanes of at least 4 members (excludes halogenated alkanes) is 1. The van der Waals surface area contributed by atoms with Gasteiger partial charge in [0.2, 0.25) is 5.91 Å². The first kappa shape index (κ1) is 29.3. The highest BCUT2D eigenvalue weighted by Crippen LogP contribution is 2.19. The Morgan fingerprint density at radius 1 is 1.00 bits per heavy atom. The number of hydrogen-bond donors (Lipinski definition) is 1. The number of nitrogens with zero attached hydrogens (tertiary/aromatic N) is 3. The van der Waals surface area contributed by atoms with Crippen molar-refractivity contribution in [1.82, 2.24) is 14.4 Å². The van der Waals surface area contributed by atoms with Crippen molar-refractivity contribution in [2.75, 3.05) is 25.0 Å². The molecule has 1 heterocycles. The number of aryl methyl sites for hydroxylation is 1. The Hall–Kier alpha value is -3.25. The zero-order chi connectivity index (χ0) is 27.5. The van der Waals surface area contributed by atoms with Crippen LogP contribution in [0.5, 0.6) is 0 Å². The van der Waals surface area contributed by atoms with Crippen molar-refractivity contribution in [3.63, 3.8) is 0 Å². The van der Waals surface area contributed by atoms with Gasteiger partial charge in [-0.3, -0.25) is 4.79 Å². The van der Waals surface area contributed by atoms with Crippen molar-refractivity contribution in [1.29, 1.82) is 0 Å². The topological polar surface area (TPSA) is 57.6 Å². The van der Waals surface area contributed by atoms with Crippen LogP contribution in [-0.2, 0) is 24.3 Å². The highest BCUT2D eigenvalue weighted by molar-refractivity contribution is 6.31. The monoisotopic (exact) mass is 536 g/mol. The summed E-state index contributed by atoms with van der Waals surface area (Å²) < 4.78 is 2.13. The van der Waals surface area contributed by atoms with Crippen LogP contribution in [0.15, 0.2) is 66.9 Å². The second-order valence-corrected chi connectivity index (χ2v) is 10.6. The summed E-state index contributed by atoms with van der Waals surface area (Å²) in [5, 5.41) is 3.72. The summed E-state index contributed by atoms with van der Waals surface area (Å²) in [6.07, 6.45) is 4.68. The molecule has 3 amide bonds. The summed E-state index contributed by atoms with van der Waals surface area (Å²) in [6.45, 7) is 10.7. The molecule has 0 saturated heterocycles. The Morgan fingerprint density at radius 3 is 2.50 bits per heavy atom. The van der Waals surface area contributed by atoms with Crippen molar-refractivity contribution >= 4 is 29.2 Å². The van der Waals surface area contributed by atoms with Crippen LogP contribution in [-0.4, -0.2) is 45.9 Å². The Kier molecular flexibility index (Phi) is 11.3. The molecule has 1 aromatic heterocycles. The lowest BCUT2D eigenvalue weighted by molar-refractivity contribution is -0.133. The summed E-state index contributed by atoms with van der Waals surface area (Å²) in [7, 11) is 0. The van der Waals surface area contributed by atoms with Crippen LogP contribution in [0.2, 0.25) is 5.02 Å². The van der Waals surface area contributed by atoms with E-state index < -0.39 is 0 Å². The van der Waals surface area contributed by atoms with Crippen LogP contribution in [0.1, 0.15) is 57.4 Å². The number of aromatic nitrogens is 1. The van der Waals surface area contributed by atoms with Gasteiger partial charge in [-0.05, 0) is 60.2 Å². The lowest BCUT2D eigenvalue weighted by Gasteiger charge is -2.29. The second-order valence-electron chi connectivity index (χ2n) is 10.1. The van der Waals surface area contributed by atoms with Gasteiger partial charge in [-0.15, -0.1) is 0 Å². The fourth-order valence-electron chi connectivity index (χ4n) is 4.38. The molecule has 0 bridgehead atoms. The lowest BCUT2D eigenvalue weighted by atomic mass is 10.1. The van der Waals surface area contributed by atoms with Gasteiger partial charge < -0.3 is 19.7 Å². The molecule has 1 N–H and O–H groups in total. The molecule has 3 aromatic rings. The minimum atomic E-state index is -0.244. The summed E-state index contributed by atoms with van der Waals surface area (Å²) >= 11 is 6.40. The first-order chi connectivity index (χ1) is 18.3. The summed E-state index contributed by atoms with van der Waals surface area (Å²) in [6, 6.07) is 19.5. The van der Waals surface area contributed by atoms with Crippen LogP contribution in [0, 0.1) is 5.92 Å². The van der Waals surface area contributed by atoms with E-state index in [-0.39, 0.29) is 18.5 Å². The van der Waals surface area contributed by atoms with Crippen molar-refractivity contribution in [3.8, 4) is 0 Å². The van der Waals surface area contributed by atoms with Gasteiger partial charge in [0.15, 0.2) is 0 Å². The number of halogens is 1. The molecule has 0 aliphatic heterocycles. The fourth-order valence-corrected chi connectivity index (χ4v) is 4.58. The summed E-state index contributed by atoms with van der Waals surface area (Å²) in [5.74, 6) is 0.235. The molecule has 0 aliphatic rings. The first-order valence-corrected chi connectivity index (χ1v) is 14.0. The quantitative estimate of drug-likeness (QED) is 0.254. The molecule has 0 fully saturated rings. The van der Waals surface area contributed by atoms with Crippen LogP contribution in [0.4, 0.5) is 10.5 Å². The van der Waals surface area contributed by atoms with Crippen LogP contribution in [0.25, 0.3) is 0 Å². The smallest absolute Gasteiger partial charge is 0.322 e. The van der Waals surface area contributed by atoms with E-state index >= 15 is 0 Å². The molecule has 0 aliphatic carbocycles. The van der Waals surface area contributed by atoms with Gasteiger partial charge in [0, 0.05) is 42.2 Å². The Morgan fingerprint density at radius 2 is 1.79 bits per heavy atom. The standard InChI is InChI=1S/C31H41ClN4O2/c1-5-7-17-35(31(38)33-27-14-10-12-25(6-2)19-27)23-30(37)36(20-24(3)4)22-28-15-11-18-34(28)21-26-13-8-9-16-29(26)32/h8-16,18-19,24H,5-7,17,20-23H2,1-4H3,(H,33,38). The number of amides is 3. The van der Waals surface area contributed by atoms with Crippen LogP contribution < -0.4 is 5.32 Å². The minimum absolute atomic E-state index is 0.0389. The number of hydrogen-bond acceptors (Lipinski definition) is 2. The molecule has 0 unspecified atom stereocenters. The van der Waals surface area contributed by atoms with Crippen molar-refractivity contribution in [2.24, 2.45) is 5.92 Å². The van der Waals surface area contributed by atoms with E-state index in [1.54, 1.807) is 4.90 Å². The van der Waals surface area contributed by atoms with E-state index in [0.717, 1.165) is 46.8 Å². The van der Waals surface area contributed by atoms with Gasteiger partial charge >= 0.3 is 6.03 Å². The molecule has 0 spiro atoms. The van der Waals surface area contributed by atoms with E-state index in [1.165, 1.54) is 0 Å². The Bertz CT molecular complexity index is 1190. The minimum Gasteiger partial charge on any atom is -0.345 e. The van der Waals surface area contributed by atoms with Gasteiger partial charge in [0.25, 0.3) is 0 Å². The molecule has 0 radical (unpaired) electrons. The second kappa shape index (κ2) is 14.6. The fraction of sp³-hybridized carbons (Fsp3) is 0.419. The maximum atomic E-state index is 13.6. The highest BCUT2D eigenvalue weighted by Gasteiger charge is 2.23. The number of anilines is 1. The van der Waals surface area contributed by atoms with E-state index in [1.807, 2.05) is 71.8 Å². The van der Waals surface area contributed by atoms with Crippen molar-refractivity contribution in [2.45, 2.75) is 60.0 Å². The normalized spacial score (nSPS) is 11.0. The number of urea groups is 1. The van der Waals surface area contributed by atoms with E-state index in [4.69, 9.17) is 11.6 Å². The van der Waals surface area contributed by atoms with Gasteiger partial charge in [0.05, 0.1) is 6.54 Å². The van der Waals surface area contributed by atoms with E-state index in [2.05, 4.69) is 37.6 Å². The van der Waals surface area contributed by atoms with Gasteiger partial charge in [-0.2, -0.15) is 0 Å². The molecular formula is C31H41ClN4O2. The van der Waals surface area contributed by atoms with Crippen LogP contribution in [0.3, 0.4) is 0 Å². The lowest BCUT2D eigenvalue weighted by Crippen LogP contribution is -2.45. The molecule has 6 nitrogen and oxygen atoms in total.